The number of nitro groups is 3. The van der Waals surface area contributed by atoms with E-state index < -0.39 is 42.6 Å². The Kier molecular flexibility index (Phi) is 4.66. The second-order valence-corrected chi connectivity index (χ2v) is 5.44. The number of nitrogens with zero attached hydrogens (tertiary/aromatic N) is 4. The van der Waals surface area contributed by atoms with Crippen molar-refractivity contribution in [1.29, 1.82) is 0 Å². The number of carbonyl (C=O) groups is 1. The van der Waals surface area contributed by atoms with E-state index in [1.54, 1.807) is 0 Å². The van der Waals surface area contributed by atoms with Crippen LogP contribution in [0.25, 0.3) is 0 Å². The van der Waals surface area contributed by atoms with E-state index >= 15 is 0 Å². The average Bonchev–Trinajstić information content (AvgIpc) is 2.95. The number of aromatic nitrogens is 1. The zero-order valence-corrected chi connectivity index (χ0v) is 12.7. The molecule has 124 valence electrons. The fraction of sp³-hybridized carbons (Fsp3) is 0. The Balaban J connectivity index is 2.42. The van der Waals surface area contributed by atoms with Crippen molar-refractivity contribution in [2.75, 3.05) is 5.32 Å². The first-order valence-electron chi connectivity index (χ1n) is 5.74. The monoisotopic (exact) mass is 373 g/mol. The van der Waals surface area contributed by atoms with Gasteiger partial charge in [-0.2, -0.15) is 0 Å². The minimum atomic E-state index is -1.03. The van der Waals surface area contributed by atoms with Crippen LogP contribution >= 0.6 is 22.9 Å². The van der Waals surface area contributed by atoms with E-state index in [4.69, 9.17) is 11.6 Å². The number of amides is 1. The van der Waals surface area contributed by atoms with E-state index in [0.717, 1.165) is 12.3 Å². The van der Waals surface area contributed by atoms with Crippen LogP contribution in [0.5, 0.6) is 0 Å². The summed E-state index contributed by atoms with van der Waals surface area (Å²) in [7, 11) is 0. The topological polar surface area (TPSA) is 171 Å². The molecule has 0 saturated carbocycles. The molecule has 2 aromatic rings. The van der Waals surface area contributed by atoms with Crippen molar-refractivity contribution in [3.63, 3.8) is 0 Å². The molecular formula is C10H4ClN5O7S. The first-order chi connectivity index (χ1) is 11.2. The van der Waals surface area contributed by atoms with Crippen LogP contribution in [0.2, 0.25) is 5.02 Å². The third-order valence-corrected chi connectivity index (χ3v) is 3.85. The normalized spacial score (nSPS) is 10.2. The number of carbonyl (C=O) groups excluding carboxylic acids is 1. The van der Waals surface area contributed by atoms with Gasteiger partial charge in [-0.3, -0.25) is 40.5 Å². The number of hydrogen-bond acceptors (Lipinski definition) is 9. The summed E-state index contributed by atoms with van der Waals surface area (Å²) < 4.78 is 0. The van der Waals surface area contributed by atoms with Crippen LogP contribution in [0.3, 0.4) is 0 Å². The summed E-state index contributed by atoms with van der Waals surface area (Å²) in [5.74, 6) is -1.03. The van der Waals surface area contributed by atoms with Crippen molar-refractivity contribution < 1.29 is 19.6 Å². The molecule has 1 heterocycles. The Hall–Kier alpha value is -3.19. The van der Waals surface area contributed by atoms with Crippen molar-refractivity contribution in [3.05, 3.63) is 59.3 Å². The molecule has 14 heteroatoms. The standard InChI is InChI=1S/C10H4ClN5O7S/c11-8-5(1-4(14(18)19)2-6(8)15(20)21)9(17)13-10-12-3-7(24-10)16(22)23/h1-3H,(H,12,13,17). The van der Waals surface area contributed by atoms with Crippen molar-refractivity contribution in [2.45, 2.75) is 0 Å². The van der Waals surface area contributed by atoms with Crippen LogP contribution in [0.15, 0.2) is 18.3 Å². The lowest BCUT2D eigenvalue weighted by Crippen LogP contribution is -2.13. The SMILES string of the molecule is O=C(Nc1ncc([N+](=O)[O-])s1)c1cc([N+](=O)[O-])cc([N+](=O)[O-])c1Cl. The maximum atomic E-state index is 12.1. The molecule has 0 aliphatic carbocycles. The van der Waals surface area contributed by atoms with Crippen LogP contribution in [0.1, 0.15) is 10.4 Å². The molecule has 0 spiro atoms. The van der Waals surface area contributed by atoms with Crippen LogP contribution in [0.4, 0.5) is 21.5 Å². The minimum absolute atomic E-state index is 0.170. The van der Waals surface area contributed by atoms with Crippen molar-refractivity contribution in [2.24, 2.45) is 0 Å². The largest absolute Gasteiger partial charge is 0.345 e. The van der Waals surface area contributed by atoms with Gasteiger partial charge in [0.2, 0.25) is 0 Å². The predicted molar refractivity (Wildman–Crippen MR) is 81.5 cm³/mol. The predicted octanol–water partition coefficient (Wildman–Crippen LogP) is 2.77. The molecule has 2 rings (SSSR count). The van der Waals surface area contributed by atoms with Gasteiger partial charge in [-0.15, -0.1) is 0 Å². The Morgan fingerprint density at radius 1 is 1.12 bits per heavy atom. The Labute approximate surface area is 140 Å². The van der Waals surface area contributed by atoms with Crippen molar-refractivity contribution in [1.82, 2.24) is 4.98 Å². The Bertz CT molecular complexity index is 882. The second-order valence-electron chi connectivity index (χ2n) is 4.06. The van der Waals surface area contributed by atoms with Gasteiger partial charge in [0.1, 0.15) is 11.2 Å². The molecular weight excluding hydrogens is 370 g/mol. The van der Waals surface area contributed by atoms with Gasteiger partial charge in [-0.05, 0) is 11.3 Å². The number of nitrogens with one attached hydrogen (secondary N) is 1. The third-order valence-electron chi connectivity index (χ3n) is 2.58. The molecule has 1 aromatic carbocycles. The molecule has 12 nitrogen and oxygen atoms in total. The fourth-order valence-electron chi connectivity index (χ4n) is 1.57. The highest BCUT2D eigenvalue weighted by Crippen LogP contribution is 2.34. The Morgan fingerprint density at radius 2 is 1.79 bits per heavy atom. The summed E-state index contributed by atoms with van der Waals surface area (Å²) in [6.45, 7) is 0. The van der Waals surface area contributed by atoms with E-state index in [-0.39, 0.29) is 10.1 Å². The average molecular weight is 374 g/mol. The van der Waals surface area contributed by atoms with Gasteiger partial charge in [0.25, 0.3) is 17.3 Å². The molecule has 1 aromatic heterocycles. The summed E-state index contributed by atoms with van der Waals surface area (Å²) in [4.78, 5) is 45.4. The molecule has 24 heavy (non-hydrogen) atoms. The molecule has 0 saturated heterocycles. The van der Waals surface area contributed by atoms with E-state index in [1.807, 2.05) is 0 Å². The molecule has 0 aliphatic heterocycles. The van der Waals surface area contributed by atoms with E-state index in [0.29, 0.717) is 17.4 Å². The maximum absolute atomic E-state index is 12.1. The van der Waals surface area contributed by atoms with Gasteiger partial charge in [-0.1, -0.05) is 11.6 Å². The first kappa shape index (κ1) is 17.2. The van der Waals surface area contributed by atoms with Gasteiger partial charge in [0.15, 0.2) is 5.13 Å². The zero-order chi connectivity index (χ0) is 18.0. The zero-order valence-electron chi connectivity index (χ0n) is 11.2. The van der Waals surface area contributed by atoms with Crippen LogP contribution in [-0.2, 0) is 0 Å². The van der Waals surface area contributed by atoms with Gasteiger partial charge < -0.3 is 0 Å². The second kappa shape index (κ2) is 6.51. The molecule has 0 fully saturated rings. The molecule has 0 aliphatic rings. The Morgan fingerprint density at radius 3 is 2.29 bits per heavy atom. The van der Waals surface area contributed by atoms with Crippen molar-refractivity contribution in [3.8, 4) is 0 Å². The summed E-state index contributed by atoms with van der Waals surface area (Å²) >= 11 is 6.28. The molecule has 1 amide bonds. The first-order valence-corrected chi connectivity index (χ1v) is 6.94. The number of hydrogen-bond donors (Lipinski definition) is 1. The number of anilines is 1. The summed E-state index contributed by atoms with van der Waals surface area (Å²) in [6.07, 6.45) is 0.901. The number of rotatable bonds is 5. The summed E-state index contributed by atoms with van der Waals surface area (Å²) in [6, 6.07) is 1.38. The number of benzene rings is 1. The minimum Gasteiger partial charge on any atom is -0.298 e. The van der Waals surface area contributed by atoms with Crippen LogP contribution in [-0.4, -0.2) is 25.7 Å². The van der Waals surface area contributed by atoms with Crippen LogP contribution in [0, 0.1) is 30.3 Å². The molecule has 0 atom stereocenters. The number of non-ortho nitro benzene ring substituents is 1. The van der Waals surface area contributed by atoms with Crippen molar-refractivity contribution >= 4 is 50.4 Å². The highest BCUT2D eigenvalue weighted by atomic mass is 35.5. The fourth-order valence-corrected chi connectivity index (χ4v) is 2.46. The quantitative estimate of drug-likeness (QED) is 0.615. The molecule has 0 radical (unpaired) electrons. The highest BCUT2D eigenvalue weighted by Gasteiger charge is 2.27. The summed E-state index contributed by atoms with van der Waals surface area (Å²) in [5, 5.41) is 33.3. The van der Waals surface area contributed by atoms with Gasteiger partial charge >= 0.3 is 5.00 Å². The lowest BCUT2D eigenvalue weighted by Gasteiger charge is -2.04. The maximum Gasteiger partial charge on any atom is 0.345 e. The number of nitro benzene ring substituents is 2. The molecule has 0 bridgehead atoms. The number of halogens is 1. The third kappa shape index (κ3) is 3.41. The number of thiazole rings is 1. The molecule has 1 N–H and O–H groups in total. The van der Waals surface area contributed by atoms with Gasteiger partial charge in [-0.25, -0.2) is 4.98 Å². The van der Waals surface area contributed by atoms with E-state index in [2.05, 4.69) is 10.3 Å². The smallest absolute Gasteiger partial charge is 0.298 e. The van der Waals surface area contributed by atoms with Gasteiger partial charge in [0, 0.05) is 6.07 Å². The molecule has 0 unspecified atom stereocenters. The highest BCUT2D eigenvalue weighted by molar-refractivity contribution is 7.18. The van der Waals surface area contributed by atoms with E-state index in [1.165, 1.54) is 0 Å². The van der Waals surface area contributed by atoms with Crippen LogP contribution < -0.4 is 5.32 Å². The van der Waals surface area contributed by atoms with E-state index in [9.17, 15) is 35.1 Å². The van der Waals surface area contributed by atoms with Gasteiger partial charge in [0.05, 0.1) is 26.4 Å². The lowest BCUT2D eigenvalue weighted by molar-refractivity contribution is -0.394. The summed E-state index contributed by atoms with van der Waals surface area (Å²) in [5.41, 5.74) is -2.06. The lowest BCUT2D eigenvalue weighted by atomic mass is 10.1.